The van der Waals surface area contributed by atoms with Gasteiger partial charge in [0.1, 0.15) is 23.8 Å². The van der Waals surface area contributed by atoms with Gasteiger partial charge in [0.05, 0.1) is 12.1 Å². The number of nitrogens with zero attached hydrogens (tertiary/aromatic N) is 2. The van der Waals surface area contributed by atoms with E-state index in [9.17, 15) is 9.59 Å². The summed E-state index contributed by atoms with van der Waals surface area (Å²) in [6, 6.07) is 18.6. The van der Waals surface area contributed by atoms with Crippen LogP contribution in [-0.4, -0.2) is 15.4 Å². The van der Waals surface area contributed by atoms with Crippen molar-refractivity contribution in [1.82, 2.24) is 9.38 Å². The molecule has 6 nitrogen and oxygen atoms in total. The standard InChI is InChI=1S/C23H20N2O4/c1-16-6-5-13-25-21(26)14-18(24-23(16)25)15-28-22(27)12-10-19-9-11-20(29-19)17-7-3-2-4-8-17/h2-9,11,13-14H,10,12,15H2,1H3. The summed E-state index contributed by atoms with van der Waals surface area (Å²) in [5.41, 5.74) is 2.67. The summed E-state index contributed by atoms with van der Waals surface area (Å²) >= 11 is 0. The molecule has 4 aromatic rings. The molecule has 0 saturated carbocycles. The Kier molecular flexibility index (Phi) is 5.24. The van der Waals surface area contributed by atoms with Crippen LogP contribution in [0.15, 0.2) is 76.1 Å². The van der Waals surface area contributed by atoms with E-state index in [1.165, 1.54) is 10.5 Å². The lowest BCUT2D eigenvalue weighted by molar-refractivity contribution is -0.145. The topological polar surface area (TPSA) is 73.8 Å². The third kappa shape index (κ3) is 4.27. The maximum Gasteiger partial charge on any atom is 0.306 e. The Bertz CT molecular complexity index is 1210. The number of ether oxygens (including phenoxy) is 1. The molecule has 0 spiro atoms. The van der Waals surface area contributed by atoms with Gasteiger partial charge in [0, 0.05) is 24.2 Å². The summed E-state index contributed by atoms with van der Waals surface area (Å²) in [6.45, 7) is 1.84. The number of aryl methyl sites for hydroxylation is 2. The number of hydrogen-bond donors (Lipinski definition) is 0. The molecule has 146 valence electrons. The van der Waals surface area contributed by atoms with Crippen LogP contribution in [0.4, 0.5) is 0 Å². The molecule has 6 heteroatoms. The summed E-state index contributed by atoms with van der Waals surface area (Å²) in [6.07, 6.45) is 2.30. The number of pyridine rings is 1. The lowest BCUT2D eigenvalue weighted by atomic mass is 10.2. The van der Waals surface area contributed by atoms with Gasteiger partial charge in [0.15, 0.2) is 0 Å². The molecule has 0 aliphatic heterocycles. The van der Waals surface area contributed by atoms with Crippen LogP contribution < -0.4 is 5.56 Å². The van der Waals surface area contributed by atoms with Gasteiger partial charge in [-0.1, -0.05) is 36.4 Å². The zero-order valence-electron chi connectivity index (χ0n) is 16.0. The predicted molar refractivity (Wildman–Crippen MR) is 108 cm³/mol. The fourth-order valence-corrected chi connectivity index (χ4v) is 3.10. The normalized spacial score (nSPS) is 10.9. The highest BCUT2D eigenvalue weighted by atomic mass is 16.5. The Morgan fingerprint density at radius 3 is 2.76 bits per heavy atom. The Balaban J connectivity index is 1.35. The molecule has 1 aromatic carbocycles. The van der Waals surface area contributed by atoms with Crippen LogP contribution >= 0.6 is 0 Å². The predicted octanol–water partition coefficient (Wildman–Crippen LogP) is 3.94. The second-order valence-electron chi connectivity index (χ2n) is 6.76. The molecule has 3 aromatic heterocycles. The molecule has 0 radical (unpaired) electrons. The third-order valence-electron chi connectivity index (χ3n) is 4.62. The highest BCUT2D eigenvalue weighted by molar-refractivity contribution is 5.69. The lowest BCUT2D eigenvalue weighted by Gasteiger charge is -2.07. The van der Waals surface area contributed by atoms with E-state index in [0.29, 0.717) is 17.8 Å². The third-order valence-corrected chi connectivity index (χ3v) is 4.62. The number of carbonyl (C=O) groups is 1. The highest BCUT2D eigenvalue weighted by Gasteiger charge is 2.10. The summed E-state index contributed by atoms with van der Waals surface area (Å²) in [4.78, 5) is 28.7. The van der Waals surface area contributed by atoms with Gasteiger partial charge in [-0.25, -0.2) is 4.98 Å². The fraction of sp³-hybridized carbons (Fsp3) is 0.174. The van der Waals surface area contributed by atoms with Crippen molar-refractivity contribution in [2.75, 3.05) is 0 Å². The van der Waals surface area contributed by atoms with E-state index < -0.39 is 0 Å². The number of rotatable bonds is 6. The monoisotopic (exact) mass is 388 g/mol. The van der Waals surface area contributed by atoms with Crippen LogP contribution in [0.3, 0.4) is 0 Å². The van der Waals surface area contributed by atoms with Crippen molar-refractivity contribution in [2.45, 2.75) is 26.4 Å². The fourth-order valence-electron chi connectivity index (χ4n) is 3.10. The summed E-state index contributed by atoms with van der Waals surface area (Å²) in [7, 11) is 0. The number of furan rings is 1. The van der Waals surface area contributed by atoms with Crippen molar-refractivity contribution >= 4 is 11.6 Å². The Morgan fingerprint density at radius 1 is 1.10 bits per heavy atom. The number of fused-ring (bicyclic) bond motifs is 1. The van der Waals surface area contributed by atoms with Crippen molar-refractivity contribution < 1.29 is 13.9 Å². The van der Waals surface area contributed by atoms with E-state index in [4.69, 9.17) is 9.15 Å². The van der Waals surface area contributed by atoms with Gasteiger partial charge in [-0.05, 0) is 30.7 Å². The Labute approximate surface area is 167 Å². The molecule has 0 fully saturated rings. The zero-order valence-corrected chi connectivity index (χ0v) is 16.0. The Morgan fingerprint density at radius 2 is 1.93 bits per heavy atom. The molecule has 0 aliphatic carbocycles. The first kappa shape index (κ1) is 18.7. The van der Waals surface area contributed by atoms with Crippen LogP contribution in [0, 0.1) is 6.92 Å². The van der Waals surface area contributed by atoms with Gasteiger partial charge in [-0.2, -0.15) is 0 Å². The quantitative estimate of drug-likeness (QED) is 0.468. The van der Waals surface area contributed by atoms with Gasteiger partial charge < -0.3 is 9.15 Å². The number of aromatic nitrogens is 2. The average Bonchev–Trinajstić information content (AvgIpc) is 3.21. The molecule has 0 saturated heterocycles. The van der Waals surface area contributed by atoms with Gasteiger partial charge in [-0.15, -0.1) is 0 Å². The van der Waals surface area contributed by atoms with Crippen molar-refractivity contribution in [3.05, 3.63) is 94.2 Å². The van der Waals surface area contributed by atoms with Gasteiger partial charge in [0.2, 0.25) is 0 Å². The van der Waals surface area contributed by atoms with Crippen LogP contribution in [0.2, 0.25) is 0 Å². The molecule has 29 heavy (non-hydrogen) atoms. The summed E-state index contributed by atoms with van der Waals surface area (Å²) in [5, 5.41) is 0. The zero-order chi connectivity index (χ0) is 20.2. The minimum atomic E-state index is -0.366. The van der Waals surface area contributed by atoms with Gasteiger partial charge >= 0.3 is 5.97 Å². The van der Waals surface area contributed by atoms with E-state index in [-0.39, 0.29) is 24.6 Å². The van der Waals surface area contributed by atoms with Gasteiger partial charge in [-0.3, -0.25) is 14.0 Å². The molecule has 0 N–H and O–H groups in total. The largest absolute Gasteiger partial charge is 0.461 e. The minimum absolute atomic E-state index is 0.0354. The van der Waals surface area contributed by atoms with Gasteiger partial charge in [0.25, 0.3) is 5.56 Å². The Hall–Kier alpha value is -3.67. The highest BCUT2D eigenvalue weighted by Crippen LogP contribution is 2.22. The van der Waals surface area contributed by atoms with Crippen LogP contribution in [0.25, 0.3) is 17.0 Å². The first-order valence-corrected chi connectivity index (χ1v) is 9.38. The van der Waals surface area contributed by atoms with E-state index in [0.717, 1.165) is 22.6 Å². The first-order chi connectivity index (χ1) is 14.1. The maximum absolute atomic E-state index is 12.2. The summed E-state index contributed by atoms with van der Waals surface area (Å²) in [5.74, 6) is 1.12. The molecule has 0 aliphatic rings. The van der Waals surface area contributed by atoms with Crippen LogP contribution in [0.5, 0.6) is 0 Å². The number of hydrogen-bond acceptors (Lipinski definition) is 5. The van der Waals surface area contributed by atoms with Crippen molar-refractivity contribution in [3.63, 3.8) is 0 Å². The van der Waals surface area contributed by atoms with Crippen LogP contribution in [0.1, 0.15) is 23.4 Å². The summed E-state index contributed by atoms with van der Waals surface area (Å²) < 4.78 is 12.6. The lowest BCUT2D eigenvalue weighted by Crippen LogP contribution is -2.17. The molecule has 3 heterocycles. The smallest absolute Gasteiger partial charge is 0.306 e. The number of carbonyl (C=O) groups excluding carboxylic acids is 1. The minimum Gasteiger partial charge on any atom is -0.461 e. The van der Waals surface area contributed by atoms with Crippen molar-refractivity contribution in [2.24, 2.45) is 0 Å². The average molecular weight is 388 g/mol. The molecule has 0 bridgehead atoms. The van der Waals surface area contributed by atoms with E-state index in [1.807, 2.05) is 55.5 Å². The number of esters is 1. The molecule has 0 atom stereocenters. The van der Waals surface area contributed by atoms with Crippen LogP contribution in [-0.2, 0) is 22.6 Å². The van der Waals surface area contributed by atoms with E-state index in [2.05, 4.69) is 4.98 Å². The molecular weight excluding hydrogens is 368 g/mol. The maximum atomic E-state index is 12.2. The second-order valence-corrected chi connectivity index (χ2v) is 6.76. The van der Waals surface area contributed by atoms with Crippen molar-refractivity contribution in [3.8, 4) is 11.3 Å². The first-order valence-electron chi connectivity index (χ1n) is 9.38. The SMILES string of the molecule is Cc1cccn2c(=O)cc(COC(=O)CCc3ccc(-c4ccccc4)o3)nc12. The molecule has 4 rings (SSSR count). The molecular formula is C23H20N2O4. The molecule has 0 amide bonds. The van der Waals surface area contributed by atoms with E-state index in [1.54, 1.807) is 12.3 Å². The van der Waals surface area contributed by atoms with E-state index >= 15 is 0 Å². The second kappa shape index (κ2) is 8.14. The van der Waals surface area contributed by atoms with Crippen molar-refractivity contribution in [1.29, 1.82) is 0 Å². The molecule has 0 unspecified atom stereocenters. The number of benzene rings is 1.